The van der Waals surface area contributed by atoms with E-state index in [0.29, 0.717) is 0 Å². The van der Waals surface area contributed by atoms with E-state index >= 15 is 0 Å². The molecule has 0 saturated heterocycles. The van der Waals surface area contributed by atoms with E-state index in [4.69, 9.17) is 10.4 Å². The second-order valence-electron chi connectivity index (χ2n) is 1.25. The van der Waals surface area contributed by atoms with Crippen molar-refractivity contribution in [1.82, 2.24) is 0 Å². The SMILES string of the molecule is CC(=O)C(=[N+]=[N-])[P+](=O)O. The van der Waals surface area contributed by atoms with Gasteiger partial charge in [-0.1, -0.05) is 0 Å². The zero-order valence-corrected chi connectivity index (χ0v) is 5.50. The molecule has 0 heterocycles. The number of hydrogen-bond acceptors (Lipinski definition) is 2. The fourth-order valence-corrected chi connectivity index (χ4v) is 0.589. The van der Waals surface area contributed by atoms with Crippen LogP contribution in [-0.4, -0.2) is 20.9 Å². The van der Waals surface area contributed by atoms with Gasteiger partial charge in [-0.2, -0.15) is 4.89 Å². The first-order chi connectivity index (χ1) is 4.09. The van der Waals surface area contributed by atoms with E-state index in [9.17, 15) is 9.36 Å². The zero-order chi connectivity index (χ0) is 7.44. The maximum absolute atomic E-state index is 10.2. The van der Waals surface area contributed by atoms with Gasteiger partial charge in [0.2, 0.25) is 0 Å². The van der Waals surface area contributed by atoms with Crippen molar-refractivity contribution in [2.45, 2.75) is 6.92 Å². The van der Waals surface area contributed by atoms with Crippen LogP contribution < -0.4 is 0 Å². The second kappa shape index (κ2) is 3.20. The molecule has 48 valence electrons. The molecule has 0 rings (SSSR count). The molecule has 0 aromatic carbocycles. The van der Waals surface area contributed by atoms with Crippen molar-refractivity contribution in [2.75, 3.05) is 0 Å². The summed E-state index contributed by atoms with van der Waals surface area (Å²) in [5, 5.41) is 0. The van der Waals surface area contributed by atoms with E-state index in [1.54, 1.807) is 0 Å². The summed E-state index contributed by atoms with van der Waals surface area (Å²) < 4.78 is 10.0. The van der Waals surface area contributed by atoms with Gasteiger partial charge in [0.15, 0.2) is 0 Å². The Labute approximate surface area is 51.8 Å². The molecule has 0 aliphatic heterocycles. The van der Waals surface area contributed by atoms with Gasteiger partial charge in [0.05, 0.1) is 0 Å². The molecular formula is C3H4N2O3P+. The lowest BCUT2D eigenvalue weighted by Gasteiger charge is -1.64. The number of ketones is 1. The second-order valence-corrected chi connectivity index (χ2v) is 2.22. The summed E-state index contributed by atoms with van der Waals surface area (Å²) in [6, 6.07) is 0. The monoisotopic (exact) mass is 147 g/mol. The lowest BCUT2D eigenvalue weighted by molar-refractivity contribution is -0.114. The topological polar surface area (TPSA) is 90.8 Å². The van der Waals surface area contributed by atoms with Gasteiger partial charge in [0, 0.05) is 6.92 Å². The highest BCUT2D eigenvalue weighted by Gasteiger charge is 2.38. The largest absolute Gasteiger partial charge is 0.639 e. The molecule has 0 radical (unpaired) electrons. The van der Waals surface area contributed by atoms with E-state index in [1.807, 2.05) is 0 Å². The molecule has 9 heavy (non-hydrogen) atoms. The Bertz CT molecular complexity index is 189. The highest BCUT2D eigenvalue weighted by Crippen LogP contribution is 2.13. The summed E-state index contributed by atoms with van der Waals surface area (Å²) >= 11 is 0. The van der Waals surface area contributed by atoms with Gasteiger partial charge >= 0.3 is 13.5 Å². The Hall–Kier alpha value is -0.890. The van der Waals surface area contributed by atoms with Crippen LogP contribution in [0, 0.1) is 0 Å². The third-order valence-corrected chi connectivity index (χ3v) is 1.36. The molecule has 1 N–H and O–H groups in total. The lowest BCUT2D eigenvalue weighted by atomic mass is 10.5. The molecule has 1 atom stereocenters. The molecule has 0 saturated carbocycles. The summed E-state index contributed by atoms with van der Waals surface area (Å²) in [5.74, 6) is -0.707. The minimum Gasteiger partial charge on any atom is -0.356 e. The van der Waals surface area contributed by atoms with Gasteiger partial charge < -0.3 is 5.53 Å². The quantitative estimate of drug-likeness (QED) is 0.256. The van der Waals surface area contributed by atoms with Gasteiger partial charge in [-0.05, 0) is 4.57 Å². The van der Waals surface area contributed by atoms with E-state index < -0.39 is 19.3 Å². The molecule has 5 nitrogen and oxygen atoms in total. The standard InChI is InChI=1S/C3H3N2O3P/c1-2(6)3(5-4)9(7)8/h1H3/p+1. The molecule has 0 aliphatic carbocycles. The molecule has 0 aromatic rings. The molecule has 1 unspecified atom stereocenters. The molecule has 6 heteroatoms. The number of Topliss-reactive ketones (excluding diaryl/α,β-unsaturated/α-hetero) is 1. The van der Waals surface area contributed by atoms with Gasteiger partial charge in [-0.3, -0.25) is 4.79 Å². The summed E-state index contributed by atoms with van der Waals surface area (Å²) in [6.07, 6.45) is 0. The fourth-order valence-electron chi connectivity index (χ4n) is 0.243. The van der Waals surface area contributed by atoms with Gasteiger partial charge in [0.1, 0.15) is 0 Å². The summed E-state index contributed by atoms with van der Waals surface area (Å²) in [5.41, 5.74) is 7.19. The average molecular weight is 147 g/mol. The minimum absolute atomic E-state index is 0.704. The molecule has 0 aliphatic rings. The Kier molecular flexibility index (Phi) is 2.88. The Morgan fingerprint density at radius 2 is 2.22 bits per heavy atom. The first kappa shape index (κ1) is 8.11. The predicted octanol–water partition coefficient (Wildman–Crippen LogP) is -0.0616. The predicted molar refractivity (Wildman–Crippen MR) is 29.1 cm³/mol. The third-order valence-electron chi connectivity index (χ3n) is 0.591. The van der Waals surface area contributed by atoms with Crippen molar-refractivity contribution in [2.24, 2.45) is 0 Å². The maximum atomic E-state index is 10.2. The highest BCUT2D eigenvalue weighted by atomic mass is 31.1. The smallest absolute Gasteiger partial charge is 0.356 e. The maximum Gasteiger partial charge on any atom is 0.639 e. The van der Waals surface area contributed by atoms with Crippen molar-refractivity contribution < 1.29 is 19.0 Å². The zero-order valence-electron chi connectivity index (χ0n) is 4.61. The summed E-state index contributed by atoms with van der Waals surface area (Å²) in [7, 11) is -2.80. The Morgan fingerprint density at radius 3 is 2.22 bits per heavy atom. The Balaban J connectivity index is 4.59. The number of rotatable bonds is 2. The van der Waals surface area contributed by atoms with E-state index in [1.165, 1.54) is 0 Å². The van der Waals surface area contributed by atoms with Crippen LogP contribution in [-0.2, 0) is 9.36 Å². The van der Waals surface area contributed by atoms with Gasteiger partial charge in [0.25, 0.3) is 5.78 Å². The molecule has 0 amide bonds. The highest BCUT2D eigenvalue weighted by molar-refractivity contribution is 7.61. The van der Waals surface area contributed by atoms with Crippen LogP contribution in [0.1, 0.15) is 6.92 Å². The van der Waals surface area contributed by atoms with Crippen molar-refractivity contribution >= 4 is 19.3 Å². The van der Waals surface area contributed by atoms with Gasteiger partial charge in [-0.15, -0.1) is 4.79 Å². The number of carbonyl (C=O) groups is 1. The molecule has 0 aromatic heterocycles. The van der Waals surface area contributed by atoms with Crippen molar-refractivity contribution in [3.63, 3.8) is 0 Å². The van der Waals surface area contributed by atoms with Crippen molar-refractivity contribution in [3.8, 4) is 0 Å². The molecule has 0 spiro atoms. The van der Waals surface area contributed by atoms with Crippen LogP contribution in [0.5, 0.6) is 0 Å². The molecule has 0 fully saturated rings. The van der Waals surface area contributed by atoms with Crippen molar-refractivity contribution in [3.05, 3.63) is 5.53 Å². The number of carbonyl (C=O) groups excluding carboxylic acids is 1. The lowest BCUT2D eigenvalue weighted by Crippen LogP contribution is -2.05. The Morgan fingerprint density at radius 1 is 1.78 bits per heavy atom. The van der Waals surface area contributed by atoms with Gasteiger partial charge in [-0.25, -0.2) is 0 Å². The van der Waals surface area contributed by atoms with Crippen LogP contribution >= 0.6 is 8.03 Å². The summed E-state index contributed by atoms with van der Waals surface area (Å²) in [4.78, 5) is 20.7. The molecule has 0 bridgehead atoms. The first-order valence-corrected chi connectivity index (χ1v) is 3.20. The third kappa shape index (κ3) is 2.24. The van der Waals surface area contributed by atoms with Crippen LogP contribution in [0.2, 0.25) is 0 Å². The van der Waals surface area contributed by atoms with E-state index in [2.05, 4.69) is 4.79 Å². The number of hydrogen-bond donors (Lipinski definition) is 1. The molecular weight excluding hydrogens is 143 g/mol. The minimum atomic E-state index is -2.80. The average Bonchev–Trinajstić information content (AvgIpc) is 1.64. The normalized spacial score (nSPS) is 9.78. The summed E-state index contributed by atoms with van der Waals surface area (Å²) in [6.45, 7) is 1.04. The van der Waals surface area contributed by atoms with E-state index in [-0.39, 0.29) is 0 Å². The van der Waals surface area contributed by atoms with Crippen LogP contribution in [0.25, 0.3) is 5.53 Å². The van der Waals surface area contributed by atoms with Crippen LogP contribution in [0.3, 0.4) is 0 Å². The van der Waals surface area contributed by atoms with E-state index in [0.717, 1.165) is 6.92 Å². The van der Waals surface area contributed by atoms with Crippen molar-refractivity contribution in [1.29, 1.82) is 0 Å². The van der Waals surface area contributed by atoms with Crippen LogP contribution in [0.15, 0.2) is 0 Å². The van der Waals surface area contributed by atoms with Crippen LogP contribution in [0.4, 0.5) is 0 Å². The first-order valence-electron chi connectivity index (χ1n) is 1.98. The fraction of sp³-hybridized carbons (Fsp3) is 0.333. The number of nitrogens with zero attached hydrogens (tertiary/aromatic N) is 2.